The molecule has 0 radical (unpaired) electrons. The van der Waals surface area contributed by atoms with E-state index in [1.807, 2.05) is 0 Å². The highest BCUT2D eigenvalue weighted by Gasteiger charge is 2.43. The molecule has 1 aromatic carbocycles. The van der Waals surface area contributed by atoms with Gasteiger partial charge in [0.05, 0.1) is 23.0 Å². The fraction of sp³-hybridized carbons (Fsp3) is 0.412. The van der Waals surface area contributed by atoms with Crippen molar-refractivity contribution in [2.24, 2.45) is 11.1 Å². The number of sulfone groups is 1. The lowest BCUT2D eigenvalue weighted by Crippen LogP contribution is -2.34. The van der Waals surface area contributed by atoms with Crippen molar-refractivity contribution < 1.29 is 31.4 Å². The van der Waals surface area contributed by atoms with Crippen LogP contribution in [0.5, 0.6) is 5.75 Å². The molecule has 0 bridgehead atoms. The number of allylic oxidation sites excluding steroid dienone is 1. The standard InChI is InChI=1S/C17H19F3N2O4S/c18-17(19,20)26-13-1-3-14(4-2-13)27(24,25)15-7-12(21)8-22(9-15)10-16(11-23)5-6-16/h1-4,7,9,23H,5-6,8,10-11,21H2. The number of nitrogens with zero attached hydrogens (tertiary/aromatic N) is 1. The molecule has 1 saturated carbocycles. The molecule has 0 atom stereocenters. The Morgan fingerprint density at radius 1 is 1.22 bits per heavy atom. The first kappa shape index (κ1) is 19.6. The number of benzene rings is 1. The monoisotopic (exact) mass is 404 g/mol. The zero-order valence-electron chi connectivity index (χ0n) is 14.2. The van der Waals surface area contributed by atoms with Gasteiger partial charge in [-0.2, -0.15) is 0 Å². The van der Waals surface area contributed by atoms with Crippen LogP contribution in [0.2, 0.25) is 0 Å². The summed E-state index contributed by atoms with van der Waals surface area (Å²) in [5.41, 5.74) is 6.00. The smallest absolute Gasteiger partial charge is 0.406 e. The molecule has 148 valence electrons. The van der Waals surface area contributed by atoms with Gasteiger partial charge < -0.3 is 20.5 Å². The Morgan fingerprint density at radius 2 is 1.85 bits per heavy atom. The summed E-state index contributed by atoms with van der Waals surface area (Å²) in [5, 5.41) is 9.46. The minimum atomic E-state index is -4.85. The number of hydrogen-bond acceptors (Lipinski definition) is 6. The van der Waals surface area contributed by atoms with Gasteiger partial charge in [0.15, 0.2) is 0 Å². The molecule has 0 spiro atoms. The zero-order chi connectivity index (χ0) is 19.9. The van der Waals surface area contributed by atoms with E-state index in [-0.39, 0.29) is 21.8 Å². The Bertz CT molecular complexity index is 872. The van der Waals surface area contributed by atoms with Crippen molar-refractivity contribution in [3.8, 4) is 5.75 Å². The number of ether oxygens (including phenoxy) is 1. The van der Waals surface area contributed by atoms with Gasteiger partial charge in [-0.3, -0.25) is 0 Å². The Balaban J connectivity index is 1.83. The third kappa shape index (κ3) is 4.56. The molecule has 3 N–H and O–H groups in total. The molecule has 3 rings (SSSR count). The molecule has 1 aliphatic heterocycles. The maximum absolute atomic E-state index is 12.8. The largest absolute Gasteiger partial charge is 0.573 e. The average Bonchev–Trinajstić information content (AvgIpc) is 3.33. The Morgan fingerprint density at radius 3 is 2.37 bits per heavy atom. The highest BCUT2D eigenvalue weighted by atomic mass is 32.2. The minimum absolute atomic E-state index is 0.0176. The summed E-state index contributed by atoms with van der Waals surface area (Å²) in [6.07, 6.45) is -0.331. The summed E-state index contributed by atoms with van der Waals surface area (Å²) in [6, 6.07) is 3.99. The first-order valence-corrected chi connectivity index (χ1v) is 9.65. The van der Waals surface area contributed by atoms with E-state index < -0.39 is 21.9 Å². The summed E-state index contributed by atoms with van der Waals surface area (Å²) >= 11 is 0. The maximum atomic E-state index is 12.8. The van der Waals surface area contributed by atoms with Crippen LogP contribution in [-0.4, -0.2) is 44.5 Å². The highest BCUT2D eigenvalue weighted by Crippen LogP contribution is 2.46. The molecule has 10 heteroatoms. The second-order valence-electron chi connectivity index (χ2n) is 6.84. The van der Waals surface area contributed by atoms with Crippen molar-refractivity contribution >= 4 is 9.84 Å². The Labute approximate surface area is 154 Å². The lowest BCUT2D eigenvalue weighted by molar-refractivity contribution is -0.274. The molecule has 1 fully saturated rings. The fourth-order valence-corrected chi connectivity index (χ4v) is 4.27. The predicted molar refractivity (Wildman–Crippen MR) is 91.0 cm³/mol. The SMILES string of the molecule is NC1=CC(S(=O)(=O)c2ccc(OC(F)(F)F)cc2)=CN(CC2(CO)CC2)C1. The van der Waals surface area contributed by atoms with Gasteiger partial charge in [0, 0.05) is 23.9 Å². The molecule has 1 aliphatic carbocycles. The number of aliphatic hydroxyl groups is 1. The van der Waals surface area contributed by atoms with Crippen LogP contribution in [0, 0.1) is 5.41 Å². The first-order valence-electron chi connectivity index (χ1n) is 8.17. The number of aliphatic hydroxyl groups excluding tert-OH is 1. The van der Waals surface area contributed by atoms with E-state index in [9.17, 15) is 26.7 Å². The van der Waals surface area contributed by atoms with Crippen molar-refractivity contribution in [1.82, 2.24) is 4.90 Å². The quantitative estimate of drug-likeness (QED) is 0.755. The normalized spacial score (nSPS) is 19.3. The molecule has 0 unspecified atom stereocenters. The van der Waals surface area contributed by atoms with E-state index >= 15 is 0 Å². The minimum Gasteiger partial charge on any atom is -0.406 e. The highest BCUT2D eigenvalue weighted by molar-refractivity contribution is 7.95. The third-order valence-electron chi connectivity index (χ3n) is 4.53. The molecular formula is C17H19F3N2O4S. The van der Waals surface area contributed by atoms with Gasteiger partial charge in [-0.15, -0.1) is 13.2 Å². The van der Waals surface area contributed by atoms with E-state index in [0.717, 1.165) is 37.1 Å². The third-order valence-corrected chi connectivity index (χ3v) is 6.27. The van der Waals surface area contributed by atoms with E-state index in [4.69, 9.17) is 5.73 Å². The lowest BCUT2D eigenvalue weighted by atomic mass is 10.1. The predicted octanol–water partition coefficient (Wildman–Crippen LogP) is 2.13. The van der Waals surface area contributed by atoms with Crippen LogP contribution in [0.15, 0.2) is 52.0 Å². The second-order valence-corrected chi connectivity index (χ2v) is 8.79. The fourth-order valence-electron chi connectivity index (χ4n) is 2.90. The molecule has 1 heterocycles. The van der Waals surface area contributed by atoms with Crippen molar-refractivity contribution in [3.05, 3.63) is 47.1 Å². The Hall–Kier alpha value is -2.20. The van der Waals surface area contributed by atoms with Crippen molar-refractivity contribution in [2.45, 2.75) is 24.1 Å². The number of alkyl halides is 3. The van der Waals surface area contributed by atoms with Crippen molar-refractivity contribution in [3.63, 3.8) is 0 Å². The molecule has 0 saturated heterocycles. The molecule has 0 amide bonds. The molecule has 0 aromatic heterocycles. The summed E-state index contributed by atoms with van der Waals surface area (Å²) in [5.74, 6) is -0.505. The molecule has 2 aliphatic rings. The molecule has 6 nitrogen and oxygen atoms in total. The summed E-state index contributed by atoms with van der Waals surface area (Å²) in [7, 11) is -3.97. The van der Waals surface area contributed by atoms with Crippen LogP contribution in [0.4, 0.5) is 13.2 Å². The van der Waals surface area contributed by atoms with E-state index in [1.165, 1.54) is 12.3 Å². The second kappa shape index (κ2) is 6.75. The van der Waals surface area contributed by atoms with E-state index in [1.54, 1.807) is 4.90 Å². The summed E-state index contributed by atoms with van der Waals surface area (Å²) < 4.78 is 66.1. The van der Waals surface area contributed by atoms with Crippen LogP contribution >= 0.6 is 0 Å². The number of rotatable bonds is 6. The molecule has 27 heavy (non-hydrogen) atoms. The summed E-state index contributed by atoms with van der Waals surface area (Å²) in [4.78, 5) is 1.52. The van der Waals surface area contributed by atoms with Gasteiger partial charge in [-0.1, -0.05) is 0 Å². The average molecular weight is 404 g/mol. The van der Waals surface area contributed by atoms with E-state index in [2.05, 4.69) is 4.74 Å². The van der Waals surface area contributed by atoms with Crippen LogP contribution in [0.25, 0.3) is 0 Å². The van der Waals surface area contributed by atoms with Gasteiger partial charge in [-0.05, 0) is 43.2 Å². The Kier molecular flexibility index (Phi) is 4.89. The van der Waals surface area contributed by atoms with Gasteiger partial charge in [0.1, 0.15) is 5.75 Å². The van der Waals surface area contributed by atoms with Crippen LogP contribution < -0.4 is 10.5 Å². The van der Waals surface area contributed by atoms with Crippen LogP contribution in [0.1, 0.15) is 12.8 Å². The van der Waals surface area contributed by atoms with Crippen molar-refractivity contribution in [2.75, 3.05) is 19.7 Å². The van der Waals surface area contributed by atoms with E-state index in [0.29, 0.717) is 18.8 Å². The molecular weight excluding hydrogens is 385 g/mol. The van der Waals surface area contributed by atoms with Crippen LogP contribution in [0.3, 0.4) is 0 Å². The van der Waals surface area contributed by atoms with Gasteiger partial charge in [-0.25, -0.2) is 8.42 Å². The van der Waals surface area contributed by atoms with Gasteiger partial charge in [0.25, 0.3) is 0 Å². The number of hydrogen-bond donors (Lipinski definition) is 2. The topological polar surface area (TPSA) is 92.9 Å². The van der Waals surface area contributed by atoms with Crippen LogP contribution in [-0.2, 0) is 9.84 Å². The van der Waals surface area contributed by atoms with Crippen molar-refractivity contribution in [1.29, 1.82) is 0 Å². The number of nitrogens with two attached hydrogens (primary N) is 1. The van der Waals surface area contributed by atoms with Gasteiger partial charge >= 0.3 is 6.36 Å². The maximum Gasteiger partial charge on any atom is 0.573 e. The van der Waals surface area contributed by atoms with Gasteiger partial charge in [0.2, 0.25) is 9.84 Å². The number of halogens is 3. The lowest BCUT2D eigenvalue weighted by Gasteiger charge is -2.29. The summed E-state index contributed by atoms with van der Waals surface area (Å²) in [6.45, 7) is 0.845. The molecule has 1 aromatic rings. The zero-order valence-corrected chi connectivity index (χ0v) is 15.1. The first-order chi connectivity index (χ1) is 12.5.